The number of carboxylic acid groups (broad SMARTS) is 1. The summed E-state index contributed by atoms with van der Waals surface area (Å²) in [5.74, 6) is -1.92. The van der Waals surface area contributed by atoms with E-state index in [0.29, 0.717) is 22.3 Å². The molecule has 35 heavy (non-hydrogen) atoms. The van der Waals surface area contributed by atoms with Crippen LogP contribution in [0.2, 0.25) is 10.0 Å². The number of carboxylic acids is 1. The molecule has 2 aromatic carbocycles. The van der Waals surface area contributed by atoms with E-state index in [1.54, 1.807) is 30.3 Å². The zero-order chi connectivity index (χ0) is 25.9. The lowest BCUT2D eigenvalue weighted by atomic mass is 9.98. The summed E-state index contributed by atoms with van der Waals surface area (Å²) in [5.41, 5.74) is 0.975. The third-order valence-electron chi connectivity index (χ3n) is 5.34. The third-order valence-corrected chi connectivity index (χ3v) is 5.97. The number of aliphatic carboxylic acids is 1. The van der Waals surface area contributed by atoms with Crippen LogP contribution in [0.15, 0.2) is 53.5 Å². The van der Waals surface area contributed by atoms with Gasteiger partial charge in [-0.25, -0.2) is 9.48 Å². The molecule has 8 nitrogen and oxygen atoms in total. The minimum atomic E-state index is -1.24. The second-order valence-corrected chi connectivity index (χ2v) is 9.77. The van der Waals surface area contributed by atoms with E-state index in [0.717, 1.165) is 0 Å². The van der Waals surface area contributed by atoms with Gasteiger partial charge in [0.05, 0.1) is 39.5 Å². The van der Waals surface area contributed by atoms with Crippen molar-refractivity contribution in [3.8, 4) is 11.1 Å². The number of benzene rings is 2. The van der Waals surface area contributed by atoms with Gasteiger partial charge in [-0.1, -0.05) is 53.5 Å². The van der Waals surface area contributed by atoms with Crippen molar-refractivity contribution in [1.82, 2.24) is 15.1 Å². The van der Waals surface area contributed by atoms with Gasteiger partial charge in [-0.2, -0.15) is 5.10 Å². The minimum absolute atomic E-state index is 0.00165. The van der Waals surface area contributed by atoms with Crippen LogP contribution in [0.25, 0.3) is 11.1 Å². The number of aromatic nitrogens is 2. The van der Waals surface area contributed by atoms with Gasteiger partial charge >= 0.3 is 5.97 Å². The van der Waals surface area contributed by atoms with E-state index in [-0.39, 0.29) is 34.2 Å². The van der Waals surface area contributed by atoms with Crippen molar-refractivity contribution in [3.05, 3.63) is 85.8 Å². The first kappa shape index (κ1) is 26.4. The Balaban J connectivity index is 1.88. The first-order valence-corrected chi connectivity index (χ1v) is 11.5. The summed E-state index contributed by atoms with van der Waals surface area (Å²) >= 11 is 12.1. The van der Waals surface area contributed by atoms with Gasteiger partial charge in [0.25, 0.3) is 11.5 Å². The van der Waals surface area contributed by atoms with E-state index in [1.807, 2.05) is 20.8 Å². The van der Waals surface area contributed by atoms with Crippen molar-refractivity contribution in [2.24, 2.45) is 0 Å². The molecule has 1 aromatic heterocycles. The quantitative estimate of drug-likeness (QED) is 0.437. The van der Waals surface area contributed by atoms with Crippen LogP contribution in [0.4, 0.5) is 0 Å². The maximum atomic E-state index is 13.1. The number of hydrogen-bond donors (Lipinski definition) is 3. The van der Waals surface area contributed by atoms with Crippen LogP contribution >= 0.6 is 23.2 Å². The molecule has 3 aromatic rings. The molecule has 1 atom stereocenters. The highest BCUT2D eigenvalue weighted by atomic mass is 35.5. The van der Waals surface area contributed by atoms with Gasteiger partial charge in [0.1, 0.15) is 6.04 Å². The van der Waals surface area contributed by atoms with Crippen LogP contribution in [0.1, 0.15) is 42.3 Å². The van der Waals surface area contributed by atoms with Crippen LogP contribution in [0.3, 0.4) is 0 Å². The second-order valence-electron chi connectivity index (χ2n) is 8.95. The van der Waals surface area contributed by atoms with E-state index in [9.17, 15) is 24.6 Å². The van der Waals surface area contributed by atoms with Gasteiger partial charge in [-0.05, 0) is 44.0 Å². The molecule has 0 aliphatic heterocycles. The van der Waals surface area contributed by atoms with Crippen molar-refractivity contribution in [2.75, 3.05) is 0 Å². The van der Waals surface area contributed by atoms with Crippen molar-refractivity contribution in [3.63, 3.8) is 0 Å². The summed E-state index contributed by atoms with van der Waals surface area (Å²) < 4.78 is 1.35. The lowest BCUT2D eigenvalue weighted by Crippen LogP contribution is -2.42. The summed E-state index contributed by atoms with van der Waals surface area (Å²) in [6.45, 7) is 5.19. The van der Waals surface area contributed by atoms with Crippen LogP contribution in [0, 0.1) is 0 Å². The molecular formula is C25H25Cl2N3O5. The molecule has 1 amide bonds. The molecule has 0 unspecified atom stereocenters. The number of carbonyl (C=O) groups excluding carboxylic acids is 1. The topological polar surface area (TPSA) is 122 Å². The van der Waals surface area contributed by atoms with Crippen LogP contribution in [-0.4, -0.2) is 37.9 Å². The van der Waals surface area contributed by atoms with Crippen LogP contribution < -0.4 is 10.9 Å². The predicted octanol–water partition coefficient (Wildman–Crippen LogP) is 3.89. The Hall–Kier alpha value is -3.20. The van der Waals surface area contributed by atoms with Crippen LogP contribution in [-0.2, 0) is 23.4 Å². The SMILES string of the molecule is CC(C)(C)n1ncc(CO)c(-c2ccc(C[C@H](NC(=O)c3c(Cl)cccc3Cl)C(=O)O)cc2)c1=O. The van der Waals surface area contributed by atoms with E-state index < -0.39 is 23.5 Å². The molecule has 0 aliphatic rings. The smallest absolute Gasteiger partial charge is 0.326 e. The predicted molar refractivity (Wildman–Crippen MR) is 134 cm³/mol. The fourth-order valence-electron chi connectivity index (χ4n) is 3.58. The highest BCUT2D eigenvalue weighted by Crippen LogP contribution is 2.25. The fraction of sp³-hybridized carbons (Fsp3) is 0.280. The molecule has 0 spiro atoms. The Morgan fingerprint density at radius 3 is 2.20 bits per heavy atom. The average Bonchev–Trinajstić information content (AvgIpc) is 2.78. The molecule has 0 saturated heterocycles. The van der Waals surface area contributed by atoms with Crippen molar-refractivity contribution in [1.29, 1.82) is 0 Å². The lowest BCUT2D eigenvalue weighted by Gasteiger charge is -2.22. The highest BCUT2D eigenvalue weighted by Gasteiger charge is 2.24. The first-order chi connectivity index (χ1) is 16.4. The molecule has 1 heterocycles. The molecular weight excluding hydrogens is 493 g/mol. The number of nitrogens with one attached hydrogen (secondary N) is 1. The van der Waals surface area contributed by atoms with Gasteiger partial charge in [-0.15, -0.1) is 0 Å². The van der Waals surface area contributed by atoms with Crippen molar-refractivity contribution >= 4 is 35.1 Å². The van der Waals surface area contributed by atoms with E-state index in [2.05, 4.69) is 10.4 Å². The fourth-order valence-corrected chi connectivity index (χ4v) is 4.15. The van der Waals surface area contributed by atoms with E-state index >= 15 is 0 Å². The number of aliphatic hydroxyl groups is 1. The number of aliphatic hydroxyl groups excluding tert-OH is 1. The minimum Gasteiger partial charge on any atom is -0.480 e. The summed E-state index contributed by atoms with van der Waals surface area (Å²) in [4.78, 5) is 37.6. The molecule has 10 heteroatoms. The van der Waals surface area contributed by atoms with Gasteiger partial charge in [0, 0.05) is 12.0 Å². The van der Waals surface area contributed by atoms with E-state index in [1.165, 1.54) is 23.0 Å². The Bertz CT molecular complexity index is 1290. The zero-order valence-corrected chi connectivity index (χ0v) is 20.9. The van der Waals surface area contributed by atoms with Crippen molar-refractivity contribution in [2.45, 2.75) is 45.4 Å². The second kappa shape index (κ2) is 10.6. The Labute approximate surface area is 212 Å². The molecule has 3 rings (SSSR count). The molecule has 3 N–H and O–H groups in total. The summed E-state index contributed by atoms with van der Waals surface area (Å²) in [7, 11) is 0. The number of rotatable bonds is 7. The van der Waals surface area contributed by atoms with Gasteiger partial charge in [0.2, 0.25) is 0 Å². The maximum absolute atomic E-state index is 13.1. The van der Waals surface area contributed by atoms with E-state index in [4.69, 9.17) is 23.2 Å². The largest absolute Gasteiger partial charge is 0.480 e. The standard InChI is InChI=1S/C25H25Cl2N3O5/c1-25(2,3)30-23(33)20(16(13-31)12-28-30)15-9-7-14(8-10-15)11-19(24(34)35)29-22(32)21-17(26)5-4-6-18(21)27/h4-10,12,19,31H,11,13H2,1-3H3,(H,29,32)(H,34,35)/t19-/m0/s1. The first-order valence-electron chi connectivity index (χ1n) is 10.7. The van der Waals surface area contributed by atoms with Crippen LogP contribution in [0.5, 0.6) is 0 Å². The molecule has 184 valence electrons. The summed E-state index contributed by atoms with van der Waals surface area (Å²) in [6, 6.07) is 10.00. The van der Waals surface area contributed by atoms with Crippen molar-refractivity contribution < 1.29 is 19.8 Å². The maximum Gasteiger partial charge on any atom is 0.326 e. The Morgan fingerprint density at radius 1 is 1.09 bits per heavy atom. The normalized spacial score (nSPS) is 12.3. The number of carbonyl (C=O) groups is 2. The lowest BCUT2D eigenvalue weighted by molar-refractivity contribution is -0.139. The summed E-state index contributed by atoms with van der Waals surface area (Å²) in [6.07, 6.45) is 1.45. The number of halogens is 2. The number of amides is 1. The average molecular weight is 518 g/mol. The monoisotopic (exact) mass is 517 g/mol. The molecule has 0 saturated carbocycles. The number of nitrogens with zero attached hydrogens (tertiary/aromatic N) is 2. The zero-order valence-electron chi connectivity index (χ0n) is 19.4. The summed E-state index contributed by atoms with van der Waals surface area (Å²) in [5, 5.41) is 26.2. The van der Waals surface area contributed by atoms with Gasteiger partial charge in [-0.3, -0.25) is 9.59 Å². The molecule has 0 aliphatic carbocycles. The molecule has 0 radical (unpaired) electrons. The third kappa shape index (κ3) is 5.90. The van der Waals surface area contributed by atoms with Gasteiger partial charge < -0.3 is 15.5 Å². The Morgan fingerprint density at radius 2 is 1.69 bits per heavy atom. The molecule has 0 bridgehead atoms. The number of hydrogen-bond acceptors (Lipinski definition) is 5. The van der Waals surface area contributed by atoms with Gasteiger partial charge in [0.15, 0.2) is 0 Å². The highest BCUT2D eigenvalue weighted by molar-refractivity contribution is 6.39. The Kier molecular flexibility index (Phi) is 8.00. The molecule has 0 fully saturated rings.